The van der Waals surface area contributed by atoms with Crippen LogP contribution in [-0.4, -0.2) is 22.9 Å². The van der Waals surface area contributed by atoms with Gasteiger partial charge >= 0.3 is 0 Å². The van der Waals surface area contributed by atoms with Gasteiger partial charge in [-0.05, 0) is 6.07 Å². The van der Waals surface area contributed by atoms with E-state index in [-0.39, 0.29) is 22.9 Å². The van der Waals surface area contributed by atoms with E-state index in [9.17, 15) is 13.6 Å². The van der Waals surface area contributed by atoms with Crippen LogP contribution in [0.1, 0.15) is 10.4 Å². The molecule has 0 fully saturated rings. The van der Waals surface area contributed by atoms with Crippen LogP contribution in [0.4, 0.5) is 31.9 Å². The molecule has 7 nitrogen and oxygen atoms in total. The molecule has 0 saturated carbocycles. The van der Waals surface area contributed by atoms with Crippen molar-refractivity contribution in [2.75, 3.05) is 23.4 Å². The van der Waals surface area contributed by atoms with Gasteiger partial charge in [0.1, 0.15) is 5.82 Å². The second kappa shape index (κ2) is 5.57. The minimum Gasteiger partial charge on any atom is -0.381 e. The fourth-order valence-corrected chi connectivity index (χ4v) is 1.61. The first-order valence-corrected chi connectivity index (χ1v) is 5.78. The van der Waals surface area contributed by atoms with Crippen LogP contribution < -0.4 is 22.1 Å². The van der Waals surface area contributed by atoms with E-state index in [1.807, 2.05) is 0 Å². The lowest BCUT2D eigenvalue weighted by molar-refractivity contribution is 0.100. The van der Waals surface area contributed by atoms with Crippen LogP contribution in [0.2, 0.25) is 0 Å². The van der Waals surface area contributed by atoms with Gasteiger partial charge in [0.05, 0.1) is 17.4 Å². The summed E-state index contributed by atoms with van der Waals surface area (Å²) in [6.45, 7) is 0. The fraction of sp³-hybridized carbons (Fsp3) is 0.0833. The van der Waals surface area contributed by atoms with Crippen molar-refractivity contribution in [3.05, 3.63) is 35.5 Å². The Balaban J connectivity index is 2.41. The number of rotatable bonds is 4. The lowest BCUT2D eigenvalue weighted by atomic mass is 10.2. The molecule has 1 amide bonds. The zero-order chi connectivity index (χ0) is 15.6. The molecule has 6 N–H and O–H groups in total. The first kappa shape index (κ1) is 14.4. The Morgan fingerprint density at radius 1 is 1.24 bits per heavy atom. The molecule has 0 saturated heterocycles. The third-order valence-corrected chi connectivity index (χ3v) is 2.61. The Bertz CT molecular complexity index is 706. The molecule has 0 spiro atoms. The highest BCUT2D eigenvalue weighted by Gasteiger charge is 2.15. The Morgan fingerprint density at radius 3 is 2.52 bits per heavy atom. The molecule has 0 aromatic carbocycles. The number of anilines is 4. The van der Waals surface area contributed by atoms with Gasteiger partial charge in [-0.1, -0.05) is 0 Å². The number of hydrogen-bond acceptors (Lipinski definition) is 6. The third-order valence-electron chi connectivity index (χ3n) is 2.61. The molecule has 2 aromatic heterocycles. The van der Waals surface area contributed by atoms with Crippen molar-refractivity contribution in [1.29, 1.82) is 0 Å². The molecule has 0 unspecified atom stereocenters. The van der Waals surface area contributed by atoms with Crippen LogP contribution in [-0.2, 0) is 0 Å². The van der Waals surface area contributed by atoms with Gasteiger partial charge in [-0.2, -0.15) is 0 Å². The number of primary amides is 1. The highest BCUT2D eigenvalue weighted by molar-refractivity contribution is 5.98. The predicted octanol–water partition coefficient (Wildman–Crippen LogP) is 1.22. The molecule has 0 radical (unpaired) electrons. The number of amides is 1. The number of hydrogen-bond donors (Lipinski definition) is 4. The summed E-state index contributed by atoms with van der Waals surface area (Å²) < 4.78 is 26.9. The van der Waals surface area contributed by atoms with Gasteiger partial charge in [0.15, 0.2) is 23.3 Å². The van der Waals surface area contributed by atoms with Gasteiger partial charge in [0.2, 0.25) is 0 Å². The SMILES string of the molecule is CNc1ncc(Nc2nc(N)c(F)cc2C(N)=O)cc1F. The van der Waals surface area contributed by atoms with E-state index in [4.69, 9.17) is 11.5 Å². The monoisotopic (exact) mass is 294 g/mol. The van der Waals surface area contributed by atoms with Crippen molar-refractivity contribution >= 4 is 29.0 Å². The van der Waals surface area contributed by atoms with Crippen LogP contribution in [0.15, 0.2) is 18.3 Å². The summed E-state index contributed by atoms with van der Waals surface area (Å²) in [6, 6.07) is 1.99. The molecule has 2 aromatic rings. The Labute approximate surface area is 118 Å². The van der Waals surface area contributed by atoms with Gasteiger partial charge in [0, 0.05) is 13.1 Å². The molecule has 0 aliphatic rings. The second-order valence-corrected chi connectivity index (χ2v) is 4.05. The number of carbonyl (C=O) groups is 1. The molecular formula is C12H12F2N6O. The number of nitrogens with two attached hydrogens (primary N) is 2. The summed E-state index contributed by atoms with van der Waals surface area (Å²) >= 11 is 0. The lowest BCUT2D eigenvalue weighted by Crippen LogP contribution is -2.16. The zero-order valence-electron chi connectivity index (χ0n) is 10.9. The van der Waals surface area contributed by atoms with Crippen molar-refractivity contribution in [2.24, 2.45) is 5.73 Å². The standard InChI is InChI=1S/C12H12F2N6O/c1-17-12-8(14)2-5(4-18-12)19-11-6(10(16)21)3-7(13)9(15)20-11/h2-4H,1H3,(H2,16,21)(H,17,18)(H3,15,19,20). The largest absolute Gasteiger partial charge is 0.381 e. The highest BCUT2D eigenvalue weighted by atomic mass is 19.1. The number of halogens is 2. The minimum atomic E-state index is -0.899. The average Bonchev–Trinajstić information content (AvgIpc) is 2.42. The average molecular weight is 294 g/mol. The molecule has 2 heterocycles. The summed E-state index contributed by atoms with van der Waals surface area (Å²) in [7, 11) is 1.52. The van der Waals surface area contributed by atoms with Crippen molar-refractivity contribution in [2.45, 2.75) is 0 Å². The molecule has 2 rings (SSSR count). The minimum absolute atomic E-state index is 0.0576. The molecule has 0 aliphatic heterocycles. The van der Waals surface area contributed by atoms with Gasteiger partial charge in [-0.15, -0.1) is 0 Å². The maximum Gasteiger partial charge on any atom is 0.252 e. The molecule has 9 heteroatoms. The van der Waals surface area contributed by atoms with E-state index in [0.717, 1.165) is 12.1 Å². The summed E-state index contributed by atoms with van der Waals surface area (Å²) in [5.74, 6) is -2.82. The van der Waals surface area contributed by atoms with Crippen molar-refractivity contribution in [3.63, 3.8) is 0 Å². The third kappa shape index (κ3) is 2.96. The summed E-state index contributed by atoms with van der Waals surface area (Å²) in [5, 5.41) is 5.18. The van der Waals surface area contributed by atoms with Crippen molar-refractivity contribution in [3.8, 4) is 0 Å². The zero-order valence-corrected chi connectivity index (χ0v) is 10.9. The normalized spacial score (nSPS) is 10.2. The molecule has 0 atom stereocenters. The fourth-order valence-electron chi connectivity index (χ4n) is 1.61. The van der Waals surface area contributed by atoms with Crippen LogP contribution in [0.25, 0.3) is 0 Å². The first-order valence-electron chi connectivity index (χ1n) is 5.78. The number of pyridine rings is 2. The van der Waals surface area contributed by atoms with E-state index in [1.54, 1.807) is 0 Å². The number of nitrogens with one attached hydrogen (secondary N) is 2. The summed E-state index contributed by atoms with van der Waals surface area (Å²) in [6.07, 6.45) is 1.31. The predicted molar refractivity (Wildman–Crippen MR) is 74.1 cm³/mol. The smallest absolute Gasteiger partial charge is 0.252 e. The van der Waals surface area contributed by atoms with Gasteiger partial charge in [0.25, 0.3) is 5.91 Å². The quantitative estimate of drug-likeness (QED) is 0.673. The summed E-state index contributed by atoms with van der Waals surface area (Å²) in [4.78, 5) is 18.8. The molecule has 110 valence electrons. The summed E-state index contributed by atoms with van der Waals surface area (Å²) in [5.41, 5.74) is 10.5. The lowest BCUT2D eigenvalue weighted by Gasteiger charge is -2.11. The van der Waals surface area contributed by atoms with Crippen LogP contribution >= 0.6 is 0 Å². The van der Waals surface area contributed by atoms with Crippen molar-refractivity contribution in [1.82, 2.24) is 9.97 Å². The second-order valence-electron chi connectivity index (χ2n) is 4.05. The number of nitrogen functional groups attached to an aromatic ring is 1. The Morgan fingerprint density at radius 2 is 1.95 bits per heavy atom. The number of aromatic nitrogens is 2. The number of nitrogens with zero attached hydrogens (tertiary/aromatic N) is 2. The Kier molecular flexibility index (Phi) is 3.83. The van der Waals surface area contributed by atoms with E-state index < -0.39 is 23.4 Å². The van der Waals surface area contributed by atoms with E-state index in [0.29, 0.717) is 0 Å². The van der Waals surface area contributed by atoms with Gasteiger partial charge in [-0.25, -0.2) is 18.7 Å². The van der Waals surface area contributed by atoms with Gasteiger partial charge < -0.3 is 22.1 Å². The first-order chi connectivity index (χ1) is 9.92. The Hall–Kier alpha value is -2.97. The topological polar surface area (TPSA) is 119 Å². The highest BCUT2D eigenvalue weighted by Crippen LogP contribution is 2.23. The van der Waals surface area contributed by atoms with Gasteiger partial charge in [-0.3, -0.25) is 4.79 Å². The van der Waals surface area contributed by atoms with E-state index in [2.05, 4.69) is 20.6 Å². The van der Waals surface area contributed by atoms with Crippen LogP contribution in [0.5, 0.6) is 0 Å². The van der Waals surface area contributed by atoms with Crippen LogP contribution in [0, 0.1) is 11.6 Å². The molecule has 0 aliphatic carbocycles. The van der Waals surface area contributed by atoms with Crippen molar-refractivity contribution < 1.29 is 13.6 Å². The molecule has 21 heavy (non-hydrogen) atoms. The van der Waals surface area contributed by atoms with E-state index in [1.165, 1.54) is 13.2 Å². The van der Waals surface area contributed by atoms with E-state index >= 15 is 0 Å². The maximum absolute atomic E-state index is 13.6. The maximum atomic E-state index is 13.6. The molecular weight excluding hydrogens is 282 g/mol. The molecule has 0 bridgehead atoms. The number of carbonyl (C=O) groups excluding carboxylic acids is 1. The van der Waals surface area contributed by atoms with Crippen LogP contribution in [0.3, 0.4) is 0 Å².